The molecule has 2 rings (SSSR count). The van der Waals surface area contributed by atoms with E-state index in [1.807, 2.05) is 0 Å². The number of amides is 1. The van der Waals surface area contributed by atoms with E-state index in [-0.39, 0.29) is 11.7 Å². The summed E-state index contributed by atoms with van der Waals surface area (Å²) in [6, 6.07) is 4.70. The van der Waals surface area contributed by atoms with Gasteiger partial charge in [0, 0.05) is 12.1 Å². The Labute approximate surface area is 113 Å². The van der Waals surface area contributed by atoms with Crippen molar-refractivity contribution < 1.29 is 14.6 Å². The van der Waals surface area contributed by atoms with Crippen molar-refractivity contribution in [3.8, 4) is 11.5 Å². The second-order valence-electron chi connectivity index (χ2n) is 5.28. The lowest BCUT2D eigenvalue weighted by Crippen LogP contribution is -2.41. The van der Waals surface area contributed by atoms with Crippen LogP contribution in [-0.2, 0) is 0 Å². The number of carbonyl (C=O) groups is 1. The molecule has 0 bridgehead atoms. The number of nitrogens with one attached hydrogen (secondary N) is 1. The lowest BCUT2D eigenvalue weighted by atomic mass is 9.67. The molecule has 0 atom stereocenters. The number of phenolic OH excluding ortho intramolecular Hbond substituents is 1. The SMILES string of the molecule is CCC1(CNC(=O)c2ccc(OC)c(O)c2)CCC1. The number of phenols is 1. The zero-order valence-corrected chi connectivity index (χ0v) is 11.5. The first-order chi connectivity index (χ1) is 9.10. The zero-order chi connectivity index (χ0) is 13.9. The smallest absolute Gasteiger partial charge is 0.251 e. The second-order valence-corrected chi connectivity index (χ2v) is 5.28. The van der Waals surface area contributed by atoms with Crippen LogP contribution in [0, 0.1) is 5.41 Å². The summed E-state index contributed by atoms with van der Waals surface area (Å²) in [4.78, 5) is 12.0. The number of aromatic hydroxyl groups is 1. The molecule has 0 radical (unpaired) electrons. The molecule has 0 saturated heterocycles. The van der Waals surface area contributed by atoms with E-state index in [0.29, 0.717) is 16.7 Å². The molecule has 0 aromatic heterocycles. The third-order valence-corrected chi connectivity index (χ3v) is 4.23. The molecule has 104 valence electrons. The highest BCUT2D eigenvalue weighted by molar-refractivity contribution is 5.94. The number of ether oxygens (including phenoxy) is 1. The van der Waals surface area contributed by atoms with Gasteiger partial charge in [0.05, 0.1) is 7.11 Å². The van der Waals surface area contributed by atoms with Crippen LogP contribution in [0.4, 0.5) is 0 Å². The molecule has 0 heterocycles. The van der Waals surface area contributed by atoms with Gasteiger partial charge in [-0.05, 0) is 42.9 Å². The average molecular weight is 263 g/mol. The molecule has 0 aliphatic heterocycles. The Hall–Kier alpha value is -1.71. The van der Waals surface area contributed by atoms with Crippen molar-refractivity contribution in [3.05, 3.63) is 23.8 Å². The summed E-state index contributed by atoms with van der Waals surface area (Å²) in [5.74, 6) is 0.224. The molecule has 1 amide bonds. The maximum absolute atomic E-state index is 12.0. The molecule has 0 spiro atoms. The van der Waals surface area contributed by atoms with Crippen LogP contribution >= 0.6 is 0 Å². The van der Waals surface area contributed by atoms with E-state index < -0.39 is 0 Å². The minimum atomic E-state index is -0.141. The summed E-state index contributed by atoms with van der Waals surface area (Å²) in [5, 5.41) is 12.6. The van der Waals surface area contributed by atoms with Gasteiger partial charge in [0.15, 0.2) is 11.5 Å². The molecule has 1 aromatic carbocycles. The number of hydrogen-bond acceptors (Lipinski definition) is 3. The molecular weight excluding hydrogens is 242 g/mol. The Morgan fingerprint density at radius 1 is 1.47 bits per heavy atom. The predicted molar refractivity (Wildman–Crippen MR) is 73.6 cm³/mol. The fourth-order valence-electron chi connectivity index (χ4n) is 2.53. The normalized spacial score (nSPS) is 16.5. The third-order valence-electron chi connectivity index (χ3n) is 4.23. The van der Waals surface area contributed by atoms with E-state index in [2.05, 4.69) is 12.2 Å². The van der Waals surface area contributed by atoms with Crippen LogP contribution in [-0.4, -0.2) is 24.7 Å². The standard InChI is InChI=1S/C15H21NO3/c1-3-15(7-4-8-15)10-16-14(18)11-5-6-13(19-2)12(17)9-11/h5-6,9,17H,3-4,7-8,10H2,1-2H3,(H,16,18). The monoisotopic (exact) mass is 263 g/mol. The van der Waals surface area contributed by atoms with Crippen LogP contribution in [0.5, 0.6) is 11.5 Å². The van der Waals surface area contributed by atoms with Gasteiger partial charge < -0.3 is 15.2 Å². The van der Waals surface area contributed by atoms with Gasteiger partial charge in [-0.3, -0.25) is 4.79 Å². The van der Waals surface area contributed by atoms with E-state index in [4.69, 9.17) is 4.74 Å². The molecule has 1 aliphatic carbocycles. The van der Waals surface area contributed by atoms with Gasteiger partial charge in [0.1, 0.15) is 0 Å². The minimum Gasteiger partial charge on any atom is -0.504 e. The molecule has 19 heavy (non-hydrogen) atoms. The van der Waals surface area contributed by atoms with Gasteiger partial charge in [-0.2, -0.15) is 0 Å². The van der Waals surface area contributed by atoms with E-state index >= 15 is 0 Å². The molecule has 0 unspecified atom stereocenters. The van der Waals surface area contributed by atoms with E-state index in [1.165, 1.54) is 32.4 Å². The van der Waals surface area contributed by atoms with Crippen LogP contribution < -0.4 is 10.1 Å². The summed E-state index contributed by atoms with van der Waals surface area (Å²) >= 11 is 0. The first-order valence-electron chi connectivity index (χ1n) is 6.75. The number of methoxy groups -OCH3 is 1. The molecule has 2 N–H and O–H groups in total. The van der Waals surface area contributed by atoms with Gasteiger partial charge >= 0.3 is 0 Å². The molecule has 1 fully saturated rings. The quantitative estimate of drug-likeness (QED) is 0.858. The Kier molecular flexibility index (Phi) is 3.98. The lowest BCUT2D eigenvalue weighted by molar-refractivity contribution is 0.0849. The van der Waals surface area contributed by atoms with Gasteiger partial charge in [-0.1, -0.05) is 13.3 Å². The maximum Gasteiger partial charge on any atom is 0.251 e. The third kappa shape index (κ3) is 2.83. The lowest BCUT2D eigenvalue weighted by Gasteiger charge is -2.41. The van der Waals surface area contributed by atoms with Crippen LogP contribution in [0.1, 0.15) is 43.0 Å². The highest BCUT2D eigenvalue weighted by Gasteiger charge is 2.35. The first kappa shape index (κ1) is 13.7. The number of hydrogen-bond donors (Lipinski definition) is 2. The predicted octanol–water partition coefficient (Wildman–Crippen LogP) is 2.71. The fourth-order valence-corrected chi connectivity index (χ4v) is 2.53. The van der Waals surface area contributed by atoms with Crippen LogP contribution in [0.15, 0.2) is 18.2 Å². The molecule has 1 aliphatic rings. The summed E-state index contributed by atoms with van der Waals surface area (Å²) < 4.78 is 4.96. The number of carbonyl (C=O) groups excluding carboxylic acids is 1. The van der Waals surface area contributed by atoms with Crippen molar-refractivity contribution in [1.82, 2.24) is 5.32 Å². The molecule has 1 aromatic rings. The zero-order valence-electron chi connectivity index (χ0n) is 11.5. The summed E-state index contributed by atoms with van der Waals surface area (Å²) in [6.07, 6.45) is 4.74. The average Bonchev–Trinajstić information content (AvgIpc) is 2.37. The van der Waals surface area contributed by atoms with Crippen LogP contribution in [0.25, 0.3) is 0 Å². The van der Waals surface area contributed by atoms with E-state index in [0.717, 1.165) is 13.0 Å². The highest BCUT2D eigenvalue weighted by atomic mass is 16.5. The van der Waals surface area contributed by atoms with Crippen LogP contribution in [0.2, 0.25) is 0 Å². The van der Waals surface area contributed by atoms with Crippen molar-refractivity contribution in [2.24, 2.45) is 5.41 Å². The van der Waals surface area contributed by atoms with Gasteiger partial charge in [-0.25, -0.2) is 0 Å². The number of benzene rings is 1. The summed E-state index contributed by atoms with van der Waals surface area (Å²) in [5.41, 5.74) is 0.758. The van der Waals surface area contributed by atoms with Gasteiger partial charge in [0.2, 0.25) is 0 Å². The van der Waals surface area contributed by atoms with Gasteiger partial charge in [-0.15, -0.1) is 0 Å². The largest absolute Gasteiger partial charge is 0.504 e. The first-order valence-corrected chi connectivity index (χ1v) is 6.75. The molecule has 4 heteroatoms. The van der Waals surface area contributed by atoms with Crippen molar-refractivity contribution >= 4 is 5.91 Å². The second kappa shape index (κ2) is 5.51. The Morgan fingerprint density at radius 3 is 2.68 bits per heavy atom. The maximum atomic E-state index is 12.0. The fraction of sp³-hybridized carbons (Fsp3) is 0.533. The molecule has 4 nitrogen and oxygen atoms in total. The summed E-state index contributed by atoms with van der Waals surface area (Å²) in [6.45, 7) is 2.89. The van der Waals surface area contributed by atoms with Gasteiger partial charge in [0.25, 0.3) is 5.91 Å². The van der Waals surface area contributed by atoms with E-state index in [9.17, 15) is 9.90 Å². The molecular formula is C15H21NO3. The minimum absolute atomic E-state index is 0.0102. The van der Waals surface area contributed by atoms with Crippen molar-refractivity contribution in [1.29, 1.82) is 0 Å². The van der Waals surface area contributed by atoms with Crippen molar-refractivity contribution in [2.75, 3.05) is 13.7 Å². The number of rotatable bonds is 5. The van der Waals surface area contributed by atoms with Crippen LogP contribution in [0.3, 0.4) is 0 Å². The molecule has 1 saturated carbocycles. The van der Waals surface area contributed by atoms with E-state index in [1.54, 1.807) is 12.1 Å². The topological polar surface area (TPSA) is 58.6 Å². The summed E-state index contributed by atoms with van der Waals surface area (Å²) in [7, 11) is 1.48. The Morgan fingerprint density at radius 2 is 2.21 bits per heavy atom. The van der Waals surface area contributed by atoms with Crippen molar-refractivity contribution in [3.63, 3.8) is 0 Å². The Balaban J connectivity index is 1.98. The highest BCUT2D eigenvalue weighted by Crippen LogP contribution is 2.43. The Bertz CT molecular complexity index is 461. The van der Waals surface area contributed by atoms with Crippen molar-refractivity contribution in [2.45, 2.75) is 32.6 Å².